The molecule has 0 spiro atoms. The number of benzene rings is 1. The van der Waals surface area contributed by atoms with Crippen molar-refractivity contribution in [3.63, 3.8) is 0 Å². The Morgan fingerprint density at radius 1 is 1.12 bits per heavy atom. The molecule has 0 radical (unpaired) electrons. The molecule has 126 valence electrons. The zero-order chi connectivity index (χ0) is 16.4. The number of hydrogen-bond donors (Lipinski definition) is 1. The average Bonchev–Trinajstić information content (AvgIpc) is 3.27. The Labute approximate surface area is 142 Å². The van der Waals surface area contributed by atoms with Crippen LogP contribution in [0, 0.1) is 0 Å². The number of aromatic nitrogens is 2. The molecule has 1 amide bonds. The van der Waals surface area contributed by atoms with Crippen LogP contribution in [0.25, 0.3) is 0 Å². The van der Waals surface area contributed by atoms with Gasteiger partial charge in [-0.1, -0.05) is 36.8 Å². The molecule has 3 atom stereocenters. The highest BCUT2D eigenvalue weighted by Crippen LogP contribution is 2.28. The number of hydrogen-bond acceptors (Lipinski definition) is 3. The van der Waals surface area contributed by atoms with E-state index >= 15 is 0 Å². The van der Waals surface area contributed by atoms with Crippen LogP contribution in [0.3, 0.4) is 0 Å². The Morgan fingerprint density at radius 3 is 2.79 bits per heavy atom. The van der Waals surface area contributed by atoms with Crippen molar-refractivity contribution in [3.8, 4) is 0 Å². The molecule has 5 nitrogen and oxygen atoms in total. The summed E-state index contributed by atoms with van der Waals surface area (Å²) in [5.41, 5.74) is 0.970. The van der Waals surface area contributed by atoms with E-state index in [-0.39, 0.29) is 11.9 Å². The quantitative estimate of drug-likeness (QED) is 0.938. The van der Waals surface area contributed by atoms with E-state index in [1.807, 2.05) is 42.6 Å². The number of rotatable bonds is 4. The Hall–Kier alpha value is -2.14. The Balaban J connectivity index is 1.54. The monoisotopic (exact) mass is 324 g/mol. The van der Waals surface area contributed by atoms with Crippen LogP contribution in [0.2, 0.25) is 0 Å². The summed E-state index contributed by atoms with van der Waals surface area (Å²) in [4.78, 5) is 15.6. The molecule has 1 N–H and O–H groups in total. The standard InChI is InChI=1S/C19H24N4O/c24-19(21-16-10-14-22-12-5-4-9-17(16)22)18(23-13-6-11-20-23)15-7-2-1-3-8-15/h1-3,6-8,11,13,16-18H,4-5,9-10,12,14H2,(H,21,24). The molecule has 2 aliphatic rings. The number of nitrogens with zero attached hydrogens (tertiary/aromatic N) is 3. The minimum atomic E-state index is -0.404. The van der Waals surface area contributed by atoms with Crippen molar-refractivity contribution in [1.82, 2.24) is 20.0 Å². The SMILES string of the molecule is O=C(NC1CCN2CCCCC12)C(c1ccccc1)n1cccn1. The summed E-state index contributed by atoms with van der Waals surface area (Å²) in [6.45, 7) is 2.28. The van der Waals surface area contributed by atoms with Crippen LogP contribution in [-0.4, -0.2) is 45.8 Å². The molecule has 4 rings (SSSR count). The second kappa shape index (κ2) is 6.77. The number of piperidine rings is 1. The van der Waals surface area contributed by atoms with Gasteiger partial charge in [0.2, 0.25) is 5.91 Å². The van der Waals surface area contributed by atoms with E-state index in [9.17, 15) is 4.79 Å². The van der Waals surface area contributed by atoms with Gasteiger partial charge in [-0.05, 0) is 37.4 Å². The number of amides is 1. The third-order valence-corrected chi connectivity index (χ3v) is 5.34. The molecule has 1 aromatic heterocycles. The minimum Gasteiger partial charge on any atom is -0.350 e. The largest absolute Gasteiger partial charge is 0.350 e. The van der Waals surface area contributed by atoms with E-state index in [1.54, 1.807) is 10.9 Å². The summed E-state index contributed by atoms with van der Waals surface area (Å²) >= 11 is 0. The van der Waals surface area contributed by atoms with E-state index in [1.165, 1.54) is 25.8 Å². The molecular weight excluding hydrogens is 300 g/mol. The van der Waals surface area contributed by atoms with Gasteiger partial charge in [-0.2, -0.15) is 5.10 Å². The van der Waals surface area contributed by atoms with Gasteiger partial charge in [-0.3, -0.25) is 14.4 Å². The molecule has 24 heavy (non-hydrogen) atoms. The zero-order valence-corrected chi connectivity index (χ0v) is 13.8. The van der Waals surface area contributed by atoms with Crippen LogP contribution in [0.15, 0.2) is 48.8 Å². The third-order valence-electron chi connectivity index (χ3n) is 5.34. The molecule has 2 aromatic rings. The zero-order valence-electron chi connectivity index (χ0n) is 13.8. The van der Waals surface area contributed by atoms with Crippen molar-refractivity contribution in [2.45, 2.75) is 43.8 Å². The fraction of sp³-hybridized carbons (Fsp3) is 0.474. The summed E-state index contributed by atoms with van der Waals surface area (Å²) in [6, 6.07) is 12.1. The molecule has 0 bridgehead atoms. The summed E-state index contributed by atoms with van der Waals surface area (Å²) in [5, 5.41) is 7.64. The molecule has 3 unspecified atom stereocenters. The van der Waals surface area contributed by atoms with Gasteiger partial charge in [-0.25, -0.2) is 0 Å². The Morgan fingerprint density at radius 2 is 2.00 bits per heavy atom. The number of nitrogens with one attached hydrogen (secondary N) is 1. The lowest BCUT2D eigenvalue weighted by atomic mass is 9.98. The molecule has 3 heterocycles. The maximum Gasteiger partial charge on any atom is 0.249 e. The summed E-state index contributed by atoms with van der Waals surface area (Å²) in [5.74, 6) is 0.0438. The van der Waals surface area contributed by atoms with Crippen molar-refractivity contribution in [2.75, 3.05) is 13.1 Å². The molecule has 2 saturated heterocycles. The third kappa shape index (κ3) is 2.96. The lowest BCUT2D eigenvalue weighted by molar-refractivity contribution is -0.124. The molecule has 0 aliphatic carbocycles. The molecule has 5 heteroatoms. The van der Waals surface area contributed by atoms with Gasteiger partial charge in [-0.15, -0.1) is 0 Å². The first-order valence-corrected chi connectivity index (χ1v) is 8.91. The summed E-state index contributed by atoms with van der Waals surface area (Å²) < 4.78 is 1.75. The van der Waals surface area contributed by atoms with E-state index in [4.69, 9.17) is 0 Å². The molecular formula is C19H24N4O. The minimum absolute atomic E-state index is 0.0438. The van der Waals surface area contributed by atoms with Crippen LogP contribution in [-0.2, 0) is 4.79 Å². The van der Waals surface area contributed by atoms with Gasteiger partial charge < -0.3 is 5.32 Å². The van der Waals surface area contributed by atoms with Gasteiger partial charge >= 0.3 is 0 Å². The van der Waals surface area contributed by atoms with Crippen LogP contribution in [0.1, 0.15) is 37.3 Å². The summed E-state index contributed by atoms with van der Waals surface area (Å²) in [6.07, 6.45) is 8.39. The number of fused-ring (bicyclic) bond motifs is 1. The Bertz CT molecular complexity index is 670. The molecule has 2 aliphatic heterocycles. The van der Waals surface area contributed by atoms with E-state index in [2.05, 4.69) is 15.3 Å². The summed E-state index contributed by atoms with van der Waals surface area (Å²) in [7, 11) is 0. The lowest BCUT2D eigenvalue weighted by Crippen LogP contribution is -2.48. The maximum absolute atomic E-state index is 13.1. The first kappa shape index (κ1) is 15.4. The van der Waals surface area contributed by atoms with E-state index in [0.29, 0.717) is 6.04 Å². The van der Waals surface area contributed by atoms with Gasteiger partial charge in [0.25, 0.3) is 0 Å². The van der Waals surface area contributed by atoms with Gasteiger partial charge in [0.1, 0.15) is 0 Å². The van der Waals surface area contributed by atoms with Crippen molar-refractivity contribution in [3.05, 3.63) is 54.4 Å². The highest BCUT2D eigenvalue weighted by Gasteiger charge is 2.37. The number of carbonyl (C=O) groups excluding carboxylic acids is 1. The first-order valence-electron chi connectivity index (χ1n) is 8.91. The highest BCUT2D eigenvalue weighted by molar-refractivity contribution is 5.83. The van der Waals surface area contributed by atoms with E-state index < -0.39 is 6.04 Å². The van der Waals surface area contributed by atoms with Crippen LogP contribution in [0.5, 0.6) is 0 Å². The van der Waals surface area contributed by atoms with Crippen molar-refractivity contribution in [1.29, 1.82) is 0 Å². The van der Waals surface area contributed by atoms with Crippen molar-refractivity contribution >= 4 is 5.91 Å². The smallest absolute Gasteiger partial charge is 0.249 e. The van der Waals surface area contributed by atoms with E-state index in [0.717, 1.165) is 18.5 Å². The number of carbonyl (C=O) groups is 1. The fourth-order valence-corrected chi connectivity index (χ4v) is 4.17. The maximum atomic E-state index is 13.1. The predicted octanol–water partition coefficient (Wildman–Crippen LogP) is 2.22. The average molecular weight is 324 g/mol. The first-order chi connectivity index (χ1) is 11.8. The second-order valence-electron chi connectivity index (χ2n) is 6.80. The van der Waals surface area contributed by atoms with Gasteiger partial charge in [0.05, 0.1) is 0 Å². The second-order valence-corrected chi connectivity index (χ2v) is 6.80. The van der Waals surface area contributed by atoms with Crippen molar-refractivity contribution in [2.24, 2.45) is 0 Å². The normalized spacial score (nSPS) is 25.2. The highest BCUT2D eigenvalue weighted by atomic mass is 16.2. The van der Waals surface area contributed by atoms with Crippen molar-refractivity contribution < 1.29 is 4.79 Å². The molecule has 0 saturated carbocycles. The Kier molecular flexibility index (Phi) is 4.34. The molecule has 2 fully saturated rings. The van der Waals surface area contributed by atoms with Crippen LogP contribution < -0.4 is 5.32 Å². The van der Waals surface area contributed by atoms with Gasteiger partial charge in [0.15, 0.2) is 6.04 Å². The van der Waals surface area contributed by atoms with Crippen LogP contribution >= 0.6 is 0 Å². The lowest BCUT2D eigenvalue weighted by Gasteiger charge is -2.33. The topological polar surface area (TPSA) is 50.2 Å². The van der Waals surface area contributed by atoms with Gasteiger partial charge in [0, 0.05) is 31.0 Å². The van der Waals surface area contributed by atoms with Crippen LogP contribution in [0.4, 0.5) is 0 Å². The predicted molar refractivity (Wildman–Crippen MR) is 92.6 cm³/mol. The molecule has 1 aromatic carbocycles. The fourth-order valence-electron chi connectivity index (χ4n) is 4.17.